The average molecular weight is 273 g/mol. The van der Waals surface area contributed by atoms with Gasteiger partial charge in [-0.05, 0) is 19.1 Å². The Hall–Kier alpha value is -2.18. The number of amides is 1. The molecule has 1 rings (SSSR count). The van der Waals surface area contributed by atoms with Crippen LogP contribution in [-0.4, -0.2) is 30.1 Å². The van der Waals surface area contributed by atoms with Crippen molar-refractivity contribution < 1.29 is 28.2 Å². The molecule has 1 aromatic carbocycles. The zero-order chi connectivity index (χ0) is 14.6. The molecule has 1 aromatic rings. The van der Waals surface area contributed by atoms with E-state index in [2.05, 4.69) is 10.1 Å². The van der Waals surface area contributed by atoms with Gasteiger partial charge in [-0.3, -0.25) is 9.59 Å². The molecule has 0 aromatic heterocycles. The number of nitrogens with one attached hydrogen (secondary N) is 1. The lowest BCUT2D eigenvalue weighted by Crippen LogP contribution is -2.35. The number of ether oxygens (including phenoxy) is 1. The molecule has 0 heterocycles. The monoisotopic (exact) mass is 273 g/mol. The summed E-state index contributed by atoms with van der Waals surface area (Å²) in [7, 11) is 1.11. The number of rotatable bonds is 5. The van der Waals surface area contributed by atoms with Crippen LogP contribution in [0, 0.1) is 11.6 Å². The number of hydrogen-bond donors (Lipinski definition) is 2. The normalized spacial score (nSPS) is 11.8. The summed E-state index contributed by atoms with van der Waals surface area (Å²) in [5.41, 5.74) is -0.584. The number of benzene rings is 1. The lowest BCUT2D eigenvalue weighted by molar-refractivity contribution is -0.137. The molecule has 0 saturated carbocycles. The molecule has 5 nitrogen and oxygen atoms in total. The maximum Gasteiger partial charge on any atom is 0.305 e. The Labute approximate surface area is 108 Å². The van der Waals surface area contributed by atoms with E-state index < -0.39 is 40.9 Å². The van der Waals surface area contributed by atoms with Crippen molar-refractivity contribution >= 4 is 11.9 Å². The van der Waals surface area contributed by atoms with Crippen LogP contribution in [0.1, 0.15) is 23.7 Å². The summed E-state index contributed by atoms with van der Waals surface area (Å²) >= 11 is 0. The Kier molecular flexibility index (Phi) is 4.80. The maximum absolute atomic E-state index is 13.6. The van der Waals surface area contributed by atoms with Crippen molar-refractivity contribution in [1.29, 1.82) is 0 Å². The SMILES string of the molecule is COc1c(F)ccc(F)c1C(=O)NC(C)CC(=O)O. The van der Waals surface area contributed by atoms with Gasteiger partial charge >= 0.3 is 5.97 Å². The number of halogens is 2. The third-order valence-electron chi connectivity index (χ3n) is 2.35. The van der Waals surface area contributed by atoms with E-state index in [1.807, 2.05) is 0 Å². The van der Waals surface area contributed by atoms with Gasteiger partial charge in [0.05, 0.1) is 13.5 Å². The van der Waals surface area contributed by atoms with Crippen molar-refractivity contribution in [3.63, 3.8) is 0 Å². The highest BCUT2D eigenvalue weighted by Gasteiger charge is 2.23. The second kappa shape index (κ2) is 6.12. The molecule has 0 aliphatic carbocycles. The first-order chi connectivity index (χ1) is 8.86. The highest BCUT2D eigenvalue weighted by atomic mass is 19.1. The molecule has 0 bridgehead atoms. The predicted molar refractivity (Wildman–Crippen MR) is 62.1 cm³/mol. The Morgan fingerprint density at radius 2 is 1.95 bits per heavy atom. The van der Waals surface area contributed by atoms with Crippen molar-refractivity contribution in [2.24, 2.45) is 0 Å². The van der Waals surface area contributed by atoms with E-state index in [4.69, 9.17) is 5.11 Å². The summed E-state index contributed by atoms with van der Waals surface area (Å²) in [6, 6.07) is 0.914. The molecule has 19 heavy (non-hydrogen) atoms. The largest absolute Gasteiger partial charge is 0.493 e. The number of aliphatic carboxylic acids is 1. The molecule has 0 aliphatic rings. The predicted octanol–water partition coefficient (Wildman–Crippen LogP) is 1.57. The van der Waals surface area contributed by atoms with E-state index in [1.165, 1.54) is 6.92 Å². The fraction of sp³-hybridized carbons (Fsp3) is 0.333. The molecule has 1 amide bonds. The van der Waals surface area contributed by atoms with Gasteiger partial charge in [-0.25, -0.2) is 8.78 Å². The molecule has 1 unspecified atom stereocenters. The Balaban J connectivity index is 2.99. The first-order valence-electron chi connectivity index (χ1n) is 5.41. The summed E-state index contributed by atoms with van der Waals surface area (Å²) < 4.78 is 31.6. The van der Waals surface area contributed by atoms with Crippen LogP contribution in [0.5, 0.6) is 5.75 Å². The molecule has 0 spiro atoms. The topological polar surface area (TPSA) is 75.6 Å². The maximum atomic E-state index is 13.6. The summed E-state index contributed by atoms with van der Waals surface area (Å²) in [4.78, 5) is 22.3. The molecule has 1 atom stereocenters. The second-order valence-electron chi connectivity index (χ2n) is 3.91. The average Bonchev–Trinajstić information content (AvgIpc) is 2.30. The third-order valence-corrected chi connectivity index (χ3v) is 2.35. The Bertz CT molecular complexity index is 505. The van der Waals surface area contributed by atoms with Crippen LogP contribution in [0.4, 0.5) is 8.78 Å². The minimum absolute atomic E-state index is 0.328. The van der Waals surface area contributed by atoms with Crippen molar-refractivity contribution in [1.82, 2.24) is 5.32 Å². The molecule has 0 saturated heterocycles. The summed E-state index contributed by atoms with van der Waals surface area (Å²) in [6.07, 6.45) is -0.328. The Morgan fingerprint density at radius 1 is 1.37 bits per heavy atom. The van der Waals surface area contributed by atoms with E-state index in [9.17, 15) is 18.4 Å². The standard InChI is InChI=1S/C12H13F2NO4/c1-6(5-9(16)17)15-12(18)10-7(13)3-4-8(14)11(10)19-2/h3-4,6H,5H2,1-2H3,(H,15,18)(H,16,17). The lowest BCUT2D eigenvalue weighted by Gasteiger charge is -2.14. The second-order valence-corrected chi connectivity index (χ2v) is 3.91. The van der Waals surface area contributed by atoms with Gasteiger partial charge in [0.2, 0.25) is 0 Å². The van der Waals surface area contributed by atoms with E-state index in [0.717, 1.165) is 19.2 Å². The molecule has 104 valence electrons. The fourth-order valence-corrected chi connectivity index (χ4v) is 1.55. The number of carbonyl (C=O) groups is 2. The fourth-order valence-electron chi connectivity index (χ4n) is 1.55. The first-order valence-corrected chi connectivity index (χ1v) is 5.41. The Morgan fingerprint density at radius 3 is 2.47 bits per heavy atom. The zero-order valence-corrected chi connectivity index (χ0v) is 10.4. The van der Waals surface area contributed by atoms with Crippen molar-refractivity contribution in [3.8, 4) is 5.75 Å². The number of carboxylic acid groups (broad SMARTS) is 1. The number of carboxylic acids is 1. The number of carbonyl (C=O) groups excluding carboxylic acids is 1. The van der Waals surface area contributed by atoms with Gasteiger partial charge < -0.3 is 15.2 Å². The number of methoxy groups -OCH3 is 1. The van der Waals surface area contributed by atoms with Crippen molar-refractivity contribution in [2.75, 3.05) is 7.11 Å². The third kappa shape index (κ3) is 3.64. The van der Waals surface area contributed by atoms with E-state index in [-0.39, 0.29) is 6.42 Å². The van der Waals surface area contributed by atoms with Crippen LogP contribution in [0.2, 0.25) is 0 Å². The van der Waals surface area contributed by atoms with Crippen LogP contribution < -0.4 is 10.1 Å². The van der Waals surface area contributed by atoms with Gasteiger partial charge in [0.25, 0.3) is 5.91 Å². The van der Waals surface area contributed by atoms with Gasteiger partial charge in [-0.15, -0.1) is 0 Å². The molecule has 0 radical (unpaired) electrons. The lowest BCUT2D eigenvalue weighted by atomic mass is 10.1. The van der Waals surface area contributed by atoms with E-state index in [1.54, 1.807) is 0 Å². The van der Waals surface area contributed by atoms with Gasteiger partial charge in [-0.2, -0.15) is 0 Å². The van der Waals surface area contributed by atoms with E-state index >= 15 is 0 Å². The van der Waals surface area contributed by atoms with Gasteiger partial charge in [0.1, 0.15) is 11.4 Å². The molecular formula is C12H13F2NO4. The van der Waals surface area contributed by atoms with Crippen molar-refractivity contribution in [2.45, 2.75) is 19.4 Å². The zero-order valence-electron chi connectivity index (χ0n) is 10.4. The summed E-state index contributed by atoms with van der Waals surface area (Å²) in [5, 5.41) is 10.8. The number of hydrogen-bond acceptors (Lipinski definition) is 3. The van der Waals surface area contributed by atoms with Gasteiger partial charge in [0.15, 0.2) is 11.6 Å². The van der Waals surface area contributed by atoms with Crippen LogP contribution in [0.3, 0.4) is 0 Å². The van der Waals surface area contributed by atoms with Gasteiger partial charge in [-0.1, -0.05) is 0 Å². The molecule has 2 N–H and O–H groups in total. The van der Waals surface area contributed by atoms with Gasteiger partial charge in [0, 0.05) is 6.04 Å². The quantitative estimate of drug-likeness (QED) is 0.853. The molecule has 0 aliphatic heterocycles. The first kappa shape index (κ1) is 14.9. The minimum Gasteiger partial charge on any atom is -0.493 e. The van der Waals surface area contributed by atoms with Crippen LogP contribution in [0.25, 0.3) is 0 Å². The highest BCUT2D eigenvalue weighted by molar-refractivity contribution is 5.97. The molecular weight excluding hydrogens is 260 g/mol. The van der Waals surface area contributed by atoms with Crippen molar-refractivity contribution in [3.05, 3.63) is 29.3 Å². The van der Waals surface area contributed by atoms with Crippen LogP contribution in [0.15, 0.2) is 12.1 Å². The minimum atomic E-state index is -1.11. The van der Waals surface area contributed by atoms with Crippen LogP contribution in [-0.2, 0) is 4.79 Å². The van der Waals surface area contributed by atoms with E-state index in [0.29, 0.717) is 0 Å². The smallest absolute Gasteiger partial charge is 0.305 e. The van der Waals surface area contributed by atoms with Crippen LogP contribution >= 0.6 is 0 Å². The molecule has 0 fully saturated rings. The highest BCUT2D eigenvalue weighted by Crippen LogP contribution is 2.25. The summed E-state index contributed by atoms with van der Waals surface area (Å²) in [6.45, 7) is 1.44. The molecule has 7 heteroatoms. The summed E-state index contributed by atoms with van der Waals surface area (Å²) in [5.74, 6) is -4.37.